The highest BCUT2D eigenvalue weighted by atomic mass is 79.9. The fraction of sp³-hybridized carbons (Fsp3) is 0.381. The van der Waals surface area contributed by atoms with E-state index < -0.39 is 6.10 Å². The molecule has 0 unspecified atom stereocenters. The van der Waals surface area contributed by atoms with Gasteiger partial charge >= 0.3 is 0 Å². The summed E-state index contributed by atoms with van der Waals surface area (Å²) in [6, 6.07) is 15.5. The predicted octanol–water partition coefficient (Wildman–Crippen LogP) is 4.75. The van der Waals surface area contributed by atoms with E-state index in [2.05, 4.69) is 34.2 Å². The van der Waals surface area contributed by atoms with Gasteiger partial charge in [0, 0.05) is 11.0 Å². The van der Waals surface area contributed by atoms with Crippen LogP contribution in [0.25, 0.3) is 0 Å². The molecule has 2 aromatic rings. The smallest absolute Gasteiger partial charge is 0.260 e. The Labute approximate surface area is 164 Å². The third-order valence-electron chi connectivity index (χ3n) is 3.85. The lowest BCUT2D eigenvalue weighted by atomic mass is 10.1. The van der Waals surface area contributed by atoms with E-state index in [1.807, 2.05) is 42.5 Å². The van der Waals surface area contributed by atoms with Crippen LogP contribution in [0.15, 0.2) is 53.0 Å². The molecule has 0 aromatic heterocycles. The predicted molar refractivity (Wildman–Crippen MR) is 108 cm³/mol. The lowest BCUT2D eigenvalue weighted by Crippen LogP contribution is -2.36. The molecule has 1 N–H and O–H groups in total. The Balaban J connectivity index is 1.73. The SMILES string of the molecule is CCCOc1ccccc1CCCNC(=O)[C@@H](C)Oc1ccc(Br)cc1. The van der Waals surface area contributed by atoms with Gasteiger partial charge in [-0.2, -0.15) is 0 Å². The minimum atomic E-state index is -0.531. The lowest BCUT2D eigenvalue weighted by molar-refractivity contribution is -0.127. The van der Waals surface area contributed by atoms with E-state index in [1.165, 1.54) is 5.56 Å². The Morgan fingerprint density at radius 3 is 2.62 bits per heavy atom. The van der Waals surface area contributed by atoms with Gasteiger partial charge in [-0.3, -0.25) is 4.79 Å². The van der Waals surface area contributed by atoms with Crippen molar-refractivity contribution < 1.29 is 14.3 Å². The highest BCUT2D eigenvalue weighted by Crippen LogP contribution is 2.20. The topological polar surface area (TPSA) is 47.6 Å². The summed E-state index contributed by atoms with van der Waals surface area (Å²) in [6.07, 6.45) is 2.17. The van der Waals surface area contributed by atoms with E-state index in [9.17, 15) is 4.79 Å². The number of hydrogen-bond donors (Lipinski definition) is 1. The summed E-state index contributed by atoms with van der Waals surface area (Å²) in [6.45, 7) is 5.18. The van der Waals surface area contributed by atoms with Crippen LogP contribution in [0.5, 0.6) is 11.5 Å². The van der Waals surface area contributed by atoms with E-state index in [0.29, 0.717) is 12.3 Å². The van der Waals surface area contributed by atoms with Crippen LogP contribution in [-0.4, -0.2) is 25.2 Å². The average Bonchev–Trinajstić information content (AvgIpc) is 2.66. The zero-order valence-electron chi connectivity index (χ0n) is 15.3. The molecule has 5 heteroatoms. The molecule has 26 heavy (non-hydrogen) atoms. The van der Waals surface area contributed by atoms with Crippen molar-refractivity contribution in [1.82, 2.24) is 5.32 Å². The molecule has 0 aliphatic carbocycles. The largest absolute Gasteiger partial charge is 0.493 e. The van der Waals surface area contributed by atoms with Crippen LogP contribution in [0, 0.1) is 0 Å². The van der Waals surface area contributed by atoms with Gasteiger partial charge in [0.2, 0.25) is 0 Å². The van der Waals surface area contributed by atoms with E-state index in [4.69, 9.17) is 9.47 Å². The number of carbonyl (C=O) groups is 1. The number of carbonyl (C=O) groups excluding carboxylic acids is 1. The van der Waals surface area contributed by atoms with Gasteiger partial charge in [0.1, 0.15) is 11.5 Å². The maximum Gasteiger partial charge on any atom is 0.260 e. The van der Waals surface area contributed by atoms with Crippen molar-refractivity contribution in [3.05, 3.63) is 58.6 Å². The fourth-order valence-corrected chi connectivity index (χ4v) is 2.73. The monoisotopic (exact) mass is 419 g/mol. The molecule has 2 aromatic carbocycles. The summed E-state index contributed by atoms with van der Waals surface area (Å²) in [7, 11) is 0. The van der Waals surface area contributed by atoms with Crippen LogP contribution < -0.4 is 14.8 Å². The Bertz CT molecular complexity index is 688. The number of hydrogen-bond acceptors (Lipinski definition) is 3. The third-order valence-corrected chi connectivity index (χ3v) is 4.38. The molecule has 0 spiro atoms. The van der Waals surface area contributed by atoms with Gasteiger partial charge in [0.15, 0.2) is 6.10 Å². The summed E-state index contributed by atoms with van der Waals surface area (Å²) >= 11 is 3.38. The molecule has 0 saturated heterocycles. The molecule has 0 aliphatic heterocycles. The normalized spacial score (nSPS) is 11.7. The summed E-state index contributed by atoms with van der Waals surface area (Å²) in [4.78, 5) is 12.2. The van der Waals surface area contributed by atoms with Crippen molar-refractivity contribution in [1.29, 1.82) is 0 Å². The Morgan fingerprint density at radius 1 is 1.15 bits per heavy atom. The molecule has 2 rings (SSSR count). The lowest BCUT2D eigenvalue weighted by Gasteiger charge is -2.15. The first kappa shape index (κ1) is 20.3. The molecule has 0 fully saturated rings. The number of aryl methyl sites for hydroxylation is 1. The summed E-state index contributed by atoms with van der Waals surface area (Å²) in [5.41, 5.74) is 1.18. The molecule has 1 amide bonds. The number of halogens is 1. The number of para-hydroxylation sites is 1. The number of ether oxygens (including phenoxy) is 2. The minimum Gasteiger partial charge on any atom is -0.493 e. The highest BCUT2D eigenvalue weighted by Gasteiger charge is 2.14. The van der Waals surface area contributed by atoms with E-state index in [0.717, 1.165) is 36.1 Å². The number of nitrogens with one attached hydrogen (secondary N) is 1. The van der Waals surface area contributed by atoms with Crippen LogP contribution in [-0.2, 0) is 11.2 Å². The zero-order chi connectivity index (χ0) is 18.8. The Hall–Kier alpha value is -2.01. The van der Waals surface area contributed by atoms with Gasteiger partial charge in [-0.1, -0.05) is 41.1 Å². The highest BCUT2D eigenvalue weighted by molar-refractivity contribution is 9.10. The summed E-state index contributed by atoms with van der Waals surface area (Å²) in [5.74, 6) is 1.51. The molecule has 0 heterocycles. The molecule has 0 bridgehead atoms. The summed E-state index contributed by atoms with van der Waals surface area (Å²) < 4.78 is 12.4. The molecule has 1 atom stereocenters. The second kappa shape index (κ2) is 10.9. The molecule has 140 valence electrons. The molecular formula is C21H26BrNO3. The zero-order valence-corrected chi connectivity index (χ0v) is 16.9. The van der Waals surface area contributed by atoms with Crippen LogP contribution in [0.3, 0.4) is 0 Å². The van der Waals surface area contributed by atoms with Crippen molar-refractivity contribution in [3.8, 4) is 11.5 Å². The van der Waals surface area contributed by atoms with E-state index in [1.54, 1.807) is 6.92 Å². The maximum atomic E-state index is 12.2. The molecular weight excluding hydrogens is 394 g/mol. The average molecular weight is 420 g/mol. The first-order valence-electron chi connectivity index (χ1n) is 9.00. The molecule has 0 saturated carbocycles. The van der Waals surface area contributed by atoms with E-state index in [-0.39, 0.29) is 5.91 Å². The number of amides is 1. The van der Waals surface area contributed by atoms with Crippen molar-refractivity contribution in [2.45, 2.75) is 39.2 Å². The Kier molecular flexibility index (Phi) is 8.48. The molecule has 4 nitrogen and oxygen atoms in total. The quantitative estimate of drug-likeness (QED) is 0.564. The standard InChI is InChI=1S/C21H26BrNO3/c1-3-15-25-20-9-5-4-7-17(20)8-6-14-23-21(24)16(2)26-19-12-10-18(22)11-13-19/h4-5,7,9-13,16H,3,6,8,14-15H2,1-2H3,(H,23,24)/t16-/m1/s1. The van der Waals surface area contributed by atoms with E-state index >= 15 is 0 Å². The first-order chi connectivity index (χ1) is 12.6. The van der Waals surface area contributed by atoms with Crippen LogP contribution >= 0.6 is 15.9 Å². The number of benzene rings is 2. The fourth-order valence-electron chi connectivity index (χ4n) is 2.47. The second-order valence-corrected chi connectivity index (χ2v) is 6.98. The van der Waals surface area contributed by atoms with Crippen molar-refractivity contribution in [2.75, 3.05) is 13.2 Å². The van der Waals surface area contributed by atoms with Gasteiger partial charge in [-0.25, -0.2) is 0 Å². The maximum absolute atomic E-state index is 12.2. The van der Waals surface area contributed by atoms with Gasteiger partial charge in [-0.15, -0.1) is 0 Å². The van der Waals surface area contributed by atoms with Crippen LogP contribution in [0.2, 0.25) is 0 Å². The van der Waals surface area contributed by atoms with Crippen molar-refractivity contribution in [3.63, 3.8) is 0 Å². The first-order valence-corrected chi connectivity index (χ1v) is 9.80. The van der Waals surface area contributed by atoms with Crippen molar-refractivity contribution in [2.24, 2.45) is 0 Å². The van der Waals surface area contributed by atoms with Gasteiger partial charge in [-0.05, 0) is 62.1 Å². The van der Waals surface area contributed by atoms with Crippen LogP contribution in [0.1, 0.15) is 32.3 Å². The molecule has 0 aliphatic rings. The minimum absolute atomic E-state index is 0.108. The summed E-state index contributed by atoms with van der Waals surface area (Å²) in [5, 5.41) is 2.93. The van der Waals surface area contributed by atoms with Gasteiger partial charge in [0.05, 0.1) is 6.61 Å². The van der Waals surface area contributed by atoms with Gasteiger partial charge in [0.25, 0.3) is 5.91 Å². The molecule has 0 radical (unpaired) electrons. The number of rotatable bonds is 10. The van der Waals surface area contributed by atoms with Crippen LogP contribution in [0.4, 0.5) is 0 Å². The van der Waals surface area contributed by atoms with Crippen molar-refractivity contribution >= 4 is 21.8 Å². The second-order valence-electron chi connectivity index (χ2n) is 6.06. The Morgan fingerprint density at radius 2 is 1.88 bits per heavy atom. The van der Waals surface area contributed by atoms with Gasteiger partial charge < -0.3 is 14.8 Å². The third kappa shape index (κ3) is 6.71.